The molecule has 5 heteroatoms. The lowest BCUT2D eigenvalue weighted by atomic mass is 10.1. The molecule has 128 valence electrons. The van der Waals surface area contributed by atoms with Crippen LogP contribution in [0.3, 0.4) is 0 Å². The smallest absolute Gasteiger partial charge is 0.230 e. The van der Waals surface area contributed by atoms with Crippen molar-refractivity contribution in [3.63, 3.8) is 0 Å². The van der Waals surface area contributed by atoms with E-state index in [1.165, 1.54) is 10.8 Å². The highest BCUT2D eigenvalue weighted by molar-refractivity contribution is 8.00. The van der Waals surface area contributed by atoms with E-state index in [1.54, 1.807) is 11.8 Å². The Kier molecular flexibility index (Phi) is 6.52. The first kappa shape index (κ1) is 17.3. The summed E-state index contributed by atoms with van der Waals surface area (Å²) in [6, 6.07) is 14.6. The first-order valence-corrected chi connectivity index (χ1v) is 9.48. The van der Waals surface area contributed by atoms with E-state index in [4.69, 9.17) is 4.74 Å². The summed E-state index contributed by atoms with van der Waals surface area (Å²) in [5.74, 6) is 0.575. The number of nitrogens with one attached hydrogen (secondary N) is 1. The highest BCUT2D eigenvalue weighted by Gasteiger charge is 2.09. The summed E-state index contributed by atoms with van der Waals surface area (Å²) in [5.41, 5.74) is 0. The second kappa shape index (κ2) is 9.06. The monoisotopic (exact) mass is 344 g/mol. The molecule has 1 fully saturated rings. The van der Waals surface area contributed by atoms with E-state index in [2.05, 4.69) is 40.5 Å². The second-order valence-corrected chi connectivity index (χ2v) is 7.00. The molecule has 2 aromatic carbocycles. The normalized spacial score (nSPS) is 15.5. The van der Waals surface area contributed by atoms with Gasteiger partial charge in [0.1, 0.15) is 0 Å². The van der Waals surface area contributed by atoms with Gasteiger partial charge in [-0.1, -0.05) is 30.3 Å². The van der Waals surface area contributed by atoms with Gasteiger partial charge in [-0.2, -0.15) is 0 Å². The molecule has 24 heavy (non-hydrogen) atoms. The largest absolute Gasteiger partial charge is 0.379 e. The van der Waals surface area contributed by atoms with Gasteiger partial charge in [0.25, 0.3) is 0 Å². The minimum Gasteiger partial charge on any atom is -0.379 e. The summed E-state index contributed by atoms with van der Waals surface area (Å²) in [4.78, 5) is 15.5. The Labute approximate surface area is 147 Å². The fourth-order valence-electron chi connectivity index (χ4n) is 2.81. The maximum Gasteiger partial charge on any atom is 0.230 e. The van der Waals surface area contributed by atoms with Gasteiger partial charge in [-0.25, -0.2) is 0 Å². The molecule has 0 saturated carbocycles. The van der Waals surface area contributed by atoms with Crippen molar-refractivity contribution in [3.8, 4) is 0 Å². The third kappa shape index (κ3) is 5.23. The Morgan fingerprint density at radius 3 is 2.75 bits per heavy atom. The number of rotatable bonds is 7. The SMILES string of the molecule is O=C(CSc1ccc2ccccc2c1)NCCCN1CCOCC1. The molecule has 0 atom stereocenters. The summed E-state index contributed by atoms with van der Waals surface area (Å²) in [7, 11) is 0. The number of hydrogen-bond acceptors (Lipinski definition) is 4. The number of carbonyl (C=O) groups excluding carboxylic acids is 1. The van der Waals surface area contributed by atoms with Gasteiger partial charge >= 0.3 is 0 Å². The molecule has 0 aromatic heterocycles. The summed E-state index contributed by atoms with van der Waals surface area (Å²) >= 11 is 1.59. The van der Waals surface area contributed by atoms with Crippen LogP contribution in [0.1, 0.15) is 6.42 Å². The maximum absolute atomic E-state index is 12.0. The topological polar surface area (TPSA) is 41.6 Å². The average molecular weight is 344 g/mol. The van der Waals surface area contributed by atoms with Crippen molar-refractivity contribution < 1.29 is 9.53 Å². The molecule has 1 saturated heterocycles. The number of ether oxygens (including phenoxy) is 1. The van der Waals surface area contributed by atoms with E-state index in [-0.39, 0.29) is 5.91 Å². The lowest BCUT2D eigenvalue weighted by Crippen LogP contribution is -2.38. The summed E-state index contributed by atoms with van der Waals surface area (Å²) in [5, 5.41) is 5.46. The van der Waals surface area contributed by atoms with Crippen LogP contribution in [0.25, 0.3) is 10.8 Å². The Balaban J connectivity index is 1.35. The number of thioether (sulfide) groups is 1. The fourth-order valence-corrected chi connectivity index (χ4v) is 3.59. The third-order valence-electron chi connectivity index (χ3n) is 4.17. The molecule has 0 spiro atoms. The number of benzene rings is 2. The van der Waals surface area contributed by atoms with Gasteiger partial charge in [0.2, 0.25) is 5.91 Å². The molecule has 4 nitrogen and oxygen atoms in total. The molecular weight excluding hydrogens is 320 g/mol. The molecule has 0 radical (unpaired) electrons. The van der Waals surface area contributed by atoms with E-state index in [9.17, 15) is 4.79 Å². The van der Waals surface area contributed by atoms with E-state index in [0.29, 0.717) is 5.75 Å². The van der Waals surface area contributed by atoms with Gasteiger partial charge in [-0.15, -0.1) is 11.8 Å². The van der Waals surface area contributed by atoms with Crippen LogP contribution in [0.15, 0.2) is 47.4 Å². The van der Waals surface area contributed by atoms with Gasteiger partial charge in [-0.3, -0.25) is 9.69 Å². The Hall–Kier alpha value is -1.56. The molecule has 1 aliphatic heterocycles. The van der Waals surface area contributed by atoms with Crippen molar-refractivity contribution in [2.45, 2.75) is 11.3 Å². The lowest BCUT2D eigenvalue weighted by Gasteiger charge is -2.26. The summed E-state index contributed by atoms with van der Waals surface area (Å²) in [6.45, 7) is 5.44. The Bertz CT molecular complexity index is 671. The van der Waals surface area contributed by atoms with Gasteiger partial charge in [0.15, 0.2) is 0 Å². The molecule has 3 rings (SSSR count). The first-order chi connectivity index (χ1) is 11.8. The average Bonchev–Trinajstić information content (AvgIpc) is 2.64. The number of amides is 1. The van der Waals surface area contributed by atoms with Crippen LogP contribution in [0.2, 0.25) is 0 Å². The maximum atomic E-state index is 12.0. The molecule has 1 N–H and O–H groups in total. The zero-order valence-electron chi connectivity index (χ0n) is 13.9. The van der Waals surface area contributed by atoms with Crippen molar-refractivity contribution in [2.24, 2.45) is 0 Å². The molecule has 1 aliphatic rings. The van der Waals surface area contributed by atoms with Gasteiger partial charge in [0.05, 0.1) is 19.0 Å². The molecule has 0 aliphatic carbocycles. The fraction of sp³-hybridized carbons (Fsp3) is 0.421. The number of fused-ring (bicyclic) bond motifs is 1. The number of nitrogens with zero attached hydrogens (tertiary/aromatic N) is 1. The standard InChI is InChI=1S/C19H24N2O2S/c22-19(20-8-3-9-21-10-12-23-13-11-21)15-24-18-7-6-16-4-1-2-5-17(16)14-18/h1-2,4-7,14H,3,8-13,15H2,(H,20,22). The van der Waals surface area contributed by atoms with Crippen LogP contribution in [0.4, 0.5) is 0 Å². The van der Waals surface area contributed by atoms with Crippen LogP contribution >= 0.6 is 11.8 Å². The minimum absolute atomic E-state index is 0.107. The number of carbonyl (C=O) groups is 1. The van der Waals surface area contributed by atoms with Crippen LogP contribution in [0.5, 0.6) is 0 Å². The van der Waals surface area contributed by atoms with Crippen LogP contribution in [0, 0.1) is 0 Å². The predicted octanol–water partition coefficient (Wildman–Crippen LogP) is 2.77. The quantitative estimate of drug-likeness (QED) is 0.619. The first-order valence-electron chi connectivity index (χ1n) is 8.50. The van der Waals surface area contributed by atoms with E-state index >= 15 is 0 Å². The van der Waals surface area contributed by atoms with Crippen molar-refractivity contribution >= 4 is 28.4 Å². The lowest BCUT2D eigenvalue weighted by molar-refractivity contribution is -0.118. The van der Waals surface area contributed by atoms with E-state index in [0.717, 1.165) is 50.7 Å². The summed E-state index contributed by atoms with van der Waals surface area (Å²) < 4.78 is 5.33. The zero-order chi connectivity index (χ0) is 16.6. The molecule has 1 heterocycles. The Morgan fingerprint density at radius 1 is 1.12 bits per heavy atom. The molecular formula is C19H24N2O2S. The van der Waals surface area contributed by atoms with Gasteiger partial charge in [-0.05, 0) is 35.9 Å². The van der Waals surface area contributed by atoms with Crippen LogP contribution in [-0.4, -0.2) is 56.0 Å². The number of morpholine rings is 1. The van der Waals surface area contributed by atoms with Crippen molar-refractivity contribution in [1.29, 1.82) is 0 Å². The number of hydrogen-bond donors (Lipinski definition) is 1. The third-order valence-corrected chi connectivity index (χ3v) is 5.16. The molecule has 0 unspecified atom stereocenters. The van der Waals surface area contributed by atoms with Crippen LogP contribution < -0.4 is 5.32 Å². The van der Waals surface area contributed by atoms with Crippen molar-refractivity contribution in [2.75, 3.05) is 45.1 Å². The van der Waals surface area contributed by atoms with E-state index < -0.39 is 0 Å². The van der Waals surface area contributed by atoms with E-state index in [1.807, 2.05) is 12.1 Å². The molecule has 0 bridgehead atoms. The predicted molar refractivity (Wildman–Crippen MR) is 99.6 cm³/mol. The van der Waals surface area contributed by atoms with Gasteiger partial charge in [0, 0.05) is 24.5 Å². The molecule has 2 aromatic rings. The van der Waals surface area contributed by atoms with Gasteiger partial charge < -0.3 is 10.1 Å². The van der Waals surface area contributed by atoms with Crippen LogP contribution in [-0.2, 0) is 9.53 Å². The Morgan fingerprint density at radius 2 is 1.92 bits per heavy atom. The zero-order valence-corrected chi connectivity index (χ0v) is 14.7. The minimum atomic E-state index is 0.107. The van der Waals surface area contributed by atoms with Crippen molar-refractivity contribution in [3.05, 3.63) is 42.5 Å². The summed E-state index contributed by atoms with van der Waals surface area (Å²) in [6.07, 6.45) is 0.992. The second-order valence-electron chi connectivity index (χ2n) is 5.96. The van der Waals surface area contributed by atoms with Crippen molar-refractivity contribution in [1.82, 2.24) is 10.2 Å². The highest BCUT2D eigenvalue weighted by atomic mass is 32.2. The highest BCUT2D eigenvalue weighted by Crippen LogP contribution is 2.23. The molecule has 1 amide bonds.